The second kappa shape index (κ2) is 5.39. The Morgan fingerprint density at radius 3 is 2.72 bits per heavy atom. The van der Waals surface area contributed by atoms with Crippen LogP contribution in [0.2, 0.25) is 0 Å². The third kappa shape index (κ3) is 2.71. The summed E-state index contributed by atoms with van der Waals surface area (Å²) < 4.78 is 30.8. The molecule has 0 atom stereocenters. The summed E-state index contributed by atoms with van der Waals surface area (Å²) in [5.41, 5.74) is -0.172. The third-order valence-corrected chi connectivity index (χ3v) is 2.24. The molecule has 94 valence electrons. The number of ether oxygens (including phenoxy) is 1. The average Bonchev–Trinajstić information content (AvgIpc) is 2.39. The summed E-state index contributed by atoms with van der Waals surface area (Å²) in [5, 5.41) is 2.79. The zero-order valence-electron chi connectivity index (χ0n) is 9.60. The van der Waals surface area contributed by atoms with Gasteiger partial charge in [-0.2, -0.15) is 4.98 Å². The number of rotatable bonds is 4. The molecule has 1 N–H and O–H groups in total. The summed E-state index contributed by atoms with van der Waals surface area (Å²) in [4.78, 5) is 7.93. The molecule has 0 saturated carbocycles. The van der Waals surface area contributed by atoms with Gasteiger partial charge < -0.3 is 10.1 Å². The van der Waals surface area contributed by atoms with E-state index < -0.39 is 6.43 Å². The molecule has 0 aliphatic carbocycles. The molecule has 4 nitrogen and oxygen atoms in total. The molecule has 1 aromatic carbocycles. The zero-order chi connectivity index (χ0) is 13.0. The zero-order valence-corrected chi connectivity index (χ0v) is 9.60. The molecule has 2 aromatic rings. The topological polar surface area (TPSA) is 47.0 Å². The first-order valence-corrected chi connectivity index (χ1v) is 5.25. The van der Waals surface area contributed by atoms with Crippen molar-refractivity contribution in [1.82, 2.24) is 9.97 Å². The van der Waals surface area contributed by atoms with Crippen LogP contribution in [-0.2, 0) is 0 Å². The molecule has 0 fully saturated rings. The van der Waals surface area contributed by atoms with Crippen molar-refractivity contribution in [2.45, 2.75) is 6.43 Å². The Hall–Kier alpha value is -2.24. The fraction of sp³-hybridized carbons (Fsp3) is 0.167. The maximum Gasteiger partial charge on any atom is 0.267 e. The van der Waals surface area contributed by atoms with Gasteiger partial charge in [0, 0.05) is 7.05 Å². The van der Waals surface area contributed by atoms with Gasteiger partial charge in [0.1, 0.15) is 11.6 Å². The van der Waals surface area contributed by atoms with Gasteiger partial charge in [-0.15, -0.1) is 0 Å². The SMILES string of the molecule is CNc1cncc(Oc2ccccc2C(F)F)n1. The standard InChI is InChI=1S/C12H11F2N3O/c1-15-10-6-16-7-11(17-10)18-9-5-3-2-4-8(9)12(13)14/h2-7,12H,1H3,(H,15,17). The van der Waals surface area contributed by atoms with E-state index in [2.05, 4.69) is 15.3 Å². The number of hydrogen-bond donors (Lipinski definition) is 1. The van der Waals surface area contributed by atoms with Crippen molar-refractivity contribution in [2.24, 2.45) is 0 Å². The predicted molar refractivity (Wildman–Crippen MR) is 63.1 cm³/mol. The molecule has 0 bridgehead atoms. The molecule has 1 heterocycles. The van der Waals surface area contributed by atoms with Gasteiger partial charge in [0.15, 0.2) is 0 Å². The van der Waals surface area contributed by atoms with Gasteiger partial charge in [-0.1, -0.05) is 12.1 Å². The molecule has 0 amide bonds. The number of para-hydroxylation sites is 1. The number of aromatic nitrogens is 2. The summed E-state index contributed by atoms with van der Waals surface area (Å²) in [6, 6.07) is 5.94. The van der Waals surface area contributed by atoms with Crippen LogP contribution in [0.5, 0.6) is 11.6 Å². The lowest BCUT2D eigenvalue weighted by molar-refractivity contribution is 0.148. The van der Waals surface area contributed by atoms with E-state index >= 15 is 0 Å². The Morgan fingerprint density at radius 2 is 2.00 bits per heavy atom. The lowest BCUT2D eigenvalue weighted by Crippen LogP contribution is -1.97. The van der Waals surface area contributed by atoms with E-state index in [1.54, 1.807) is 13.1 Å². The second-order valence-electron chi connectivity index (χ2n) is 3.43. The van der Waals surface area contributed by atoms with E-state index in [-0.39, 0.29) is 17.2 Å². The molecule has 2 rings (SSSR count). The number of nitrogens with zero attached hydrogens (tertiary/aromatic N) is 2. The van der Waals surface area contributed by atoms with Crippen LogP contribution in [0, 0.1) is 0 Å². The van der Waals surface area contributed by atoms with Crippen molar-refractivity contribution >= 4 is 5.82 Å². The van der Waals surface area contributed by atoms with Gasteiger partial charge in [0.25, 0.3) is 6.43 Å². The van der Waals surface area contributed by atoms with E-state index in [0.717, 1.165) is 0 Å². The van der Waals surface area contributed by atoms with Crippen LogP contribution in [0.3, 0.4) is 0 Å². The number of nitrogens with one attached hydrogen (secondary N) is 1. The Labute approximate surface area is 103 Å². The van der Waals surface area contributed by atoms with Gasteiger partial charge in [0.05, 0.1) is 18.0 Å². The summed E-state index contributed by atoms with van der Waals surface area (Å²) in [7, 11) is 1.68. The van der Waals surface area contributed by atoms with Gasteiger partial charge in [-0.05, 0) is 12.1 Å². The molecule has 0 aliphatic heterocycles. The first-order valence-electron chi connectivity index (χ1n) is 5.25. The lowest BCUT2D eigenvalue weighted by Gasteiger charge is -2.09. The number of benzene rings is 1. The largest absolute Gasteiger partial charge is 0.437 e. The molecule has 0 saturated heterocycles. The predicted octanol–water partition coefficient (Wildman–Crippen LogP) is 3.25. The van der Waals surface area contributed by atoms with E-state index in [9.17, 15) is 8.78 Å². The molecule has 0 unspecified atom stereocenters. The Balaban J connectivity index is 2.28. The Kier molecular flexibility index (Phi) is 3.66. The normalized spacial score (nSPS) is 10.4. The maximum atomic E-state index is 12.7. The smallest absolute Gasteiger partial charge is 0.267 e. The van der Waals surface area contributed by atoms with E-state index in [4.69, 9.17) is 4.74 Å². The van der Waals surface area contributed by atoms with Gasteiger partial charge in [0.2, 0.25) is 5.88 Å². The molecule has 0 radical (unpaired) electrons. The average molecular weight is 251 g/mol. The van der Waals surface area contributed by atoms with Gasteiger partial charge >= 0.3 is 0 Å². The highest BCUT2D eigenvalue weighted by Gasteiger charge is 2.14. The number of hydrogen-bond acceptors (Lipinski definition) is 4. The quantitative estimate of drug-likeness (QED) is 0.906. The second-order valence-corrected chi connectivity index (χ2v) is 3.43. The molecule has 0 aliphatic rings. The van der Waals surface area contributed by atoms with Crippen molar-refractivity contribution in [3.05, 3.63) is 42.2 Å². The molecular weight excluding hydrogens is 240 g/mol. The number of alkyl halides is 2. The summed E-state index contributed by atoms with van der Waals surface area (Å²) in [6.07, 6.45) is 0.274. The van der Waals surface area contributed by atoms with Gasteiger partial charge in [-0.3, -0.25) is 4.98 Å². The molecular formula is C12H11F2N3O. The number of halogens is 2. The van der Waals surface area contributed by atoms with Crippen molar-refractivity contribution in [3.63, 3.8) is 0 Å². The fourth-order valence-corrected chi connectivity index (χ4v) is 1.38. The van der Waals surface area contributed by atoms with Crippen LogP contribution in [0.1, 0.15) is 12.0 Å². The van der Waals surface area contributed by atoms with Crippen LogP contribution in [0.4, 0.5) is 14.6 Å². The molecule has 18 heavy (non-hydrogen) atoms. The Bertz CT molecular complexity index is 534. The van der Waals surface area contributed by atoms with Crippen molar-refractivity contribution < 1.29 is 13.5 Å². The van der Waals surface area contributed by atoms with E-state index in [0.29, 0.717) is 5.82 Å². The minimum absolute atomic E-state index is 0.0788. The third-order valence-electron chi connectivity index (χ3n) is 2.24. The highest BCUT2D eigenvalue weighted by atomic mass is 19.3. The molecule has 1 aromatic heterocycles. The van der Waals surface area contributed by atoms with Crippen LogP contribution >= 0.6 is 0 Å². The first-order chi connectivity index (χ1) is 8.70. The van der Waals surface area contributed by atoms with Crippen LogP contribution in [-0.4, -0.2) is 17.0 Å². The maximum absolute atomic E-state index is 12.7. The van der Waals surface area contributed by atoms with Crippen molar-refractivity contribution in [3.8, 4) is 11.6 Å². The summed E-state index contributed by atoms with van der Waals surface area (Å²) in [6.45, 7) is 0. The lowest BCUT2D eigenvalue weighted by atomic mass is 10.2. The minimum atomic E-state index is -2.60. The minimum Gasteiger partial charge on any atom is -0.437 e. The van der Waals surface area contributed by atoms with Crippen LogP contribution in [0.25, 0.3) is 0 Å². The number of anilines is 1. The monoisotopic (exact) mass is 251 g/mol. The highest BCUT2D eigenvalue weighted by molar-refractivity contribution is 5.38. The molecule has 0 spiro atoms. The fourth-order valence-electron chi connectivity index (χ4n) is 1.38. The Morgan fingerprint density at radius 1 is 1.22 bits per heavy atom. The van der Waals surface area contributed by atoms with E-state index in [1.165, 1.54) is 30.6 Å². The summed E-state index contributed by atoms with van der Waals surface area (Å²) in [5.74, 6) is 0.743. The van der Waals surface area contributed by atoms with Crippen molar-refractivity contribution in [1.29, 1.82) is 0 Å². The first kappa shape index (κ1) is 12.2. The summed E-state index contributed by atoms with van der Waals surface area (Å²) >= 11 is 0. The van der Waals surface area contributed by atoms with E-state index in [1.807, 2.05) is 0 Å². The highest BCUT2D eigenvalue weighted by Crippen LogP contribution is 2.31. The van der Waals surface area contributed by atoms with Crippen LogP contribution in [0.15, 0.2) is 36.7 Å². The van der Waals surface area contributed by atoms with Crippen LogP contribution < -0.4 is 10.1 Å². The molecule has 6 heteroatoms. The van der Waals surface area contributed by atoms with Crippen molar-refractivity contribution in [2.75, 3.05) is 12.4 Å². The van der Waals surface area contributed by atoms with Gasteiger partial charge in [-0.25, -0.2) is 8.78 Å².